The van der Waals surface area contributed by atoms with E-state index in [0.717, 1.165) is 30.7 Å². The molecule has 2 aromatic rings. The van der Waals surface area contributed by atoms with Gasteiger partial charge in [-0.25, -0.2) is 9.97 Å². The van der Waals surface area contributed by atoms with Crippen LogP contribution in [0.4, 0.5) is 0 Å². The highest BCUT2D eigenvalue weighted by atomic mass is 14.7. The van der Waals surface area contributed by atoms with E-state index in [1.54, 1.807) is 12.1 Å². The minimum atomic E-state index is 0.446. The van der Waals surface area contributed by atoms with Crippen LogP contribution in [0.3, 0.4) is 0 Å². The number of rotatable bonds is 4. The van der Waals surface area contributed by atoms with E-state index in [1.165, 1.54) is 0 Å². The highest BCUT2D eigenvalue weighted by Crippen LogP contribution is 2.06. The smallest absolute Gasteiger partial charge is 0.140 e. The lowest BCUT2D eigenvalue weighted by Gasteiger charge is -2.02. The van der Waals surface area contributed by atoms with Crippen LogP contribution < -0.4 is 0 Å². The molecule has 2 heterocycles. The largest absolute Gasteiger partial charge is 0.242 e. The molecule has 0 atom stereocenters. The summed E-state index contributed by atoms with van der Waals surface area (Å²) >= 11 is 0. The number of hydrogen-bond acceptors (Lipinski definition) is 4. The summed E-state index contributed by atoms with van der Waals surface area (Å²) in [5.41, 5.74) is 2.72. The van der Waals surface area contributed by atoms with Gasteiger partial charge in [-0.2, -0.15) is 10.5 Å². The van der Waals surface area contributed by atoms with Gasteiger partial charge >= 0.3 is 0 Å². The average Bonchev–Trinajstić information content (AvgIpc) is 2.48. The van der Waals surface area contributed by atoms with Crippen molar-refractivity contribution >= 4 is 0 Å². The summed E-state index contributed by atoms with van der Waals surface area (Å²) in [4.78, 5) is 8.44. The standard InChI is InChI=1S/C15H12N4/c16-10-14-8-2-6-12(18-14)4-1-5-13-7-3-9-15(11-17)19-13/h2-3,6-9H,1,4-5H2. The quantitative estimate of drug-likeness (QED) is 0.832. The van der Waals surface area contributed by atoms with Crippen LogP contribution in [0.1, 0.15) is 29.2 Å². The second-order valence-corrected chi connectivity index (χ2v) is 4.11. The van der Waals surface area contributed by atoms with E-state index in [4.69, 9.17) is 10.5 Å². The third kappa shape index (κ3) is 3.62. The zero-order chi connectivity index (χ0) is 13.5. The van der Waals surface area contributed by atoms with Gasteiger partial charge in [-0.05, 0) is 43.5 Å². The average molecular weight is 248 g/mol. The summed E-state index contributed by atoms with van der Waals surface area (Å²) in [5.74, 6) is 0. The third-order valence-electron chi connectivity index (χ3n) is 2.71. The molecule has 0 saturated carbocycles. The molecule has 2 aromatic heterocycles. The zero-order valence-electron chi connectivity index (χ0n) is 10.4. The second kappa shape index (κ2) is 6.28. The first-order chi connectivity index (χ1) is 9.31. The molecule has 0 aliphatic carbocycles. The van der Waals surface area contributed by atoms with Crippen molar-refractivity contribution in [2.45, 2.75) is 19.3 Å². The predicted molar refractivity (Wildman–Crippen MR) is 69.9 cm³/mol. The fraction of sp³-hybridized carbons (Fsp3) is 0.200. The molecule has 0 saturated heterocycles. The highest BCUT2D eigenvalue weighted by Gasteiger charge is 2.00. The summed E-state index contributed by atoms with van der Waals surface area (Å²) in [7, 11) is 0. The molecule has 0 aromatic carbocycles. The van der Waals surface area contributed by atoms with Gasteiger partial charge in [0.2, 0.25) is 0 Å². The molecule has 0 radical (unpaired) electrons. The fourth-order valence-corrected chi connectivity index (χ4v) is 1.81. The van der Waals surface area contributed by atoms with Crippen LogP contribution >= 0.6 is 0 Å². The van der Waals surface area contributed by atoms with E-state index in [-0.39, 0.29) is 0 Å². The lowest BCUT2D eigenvalue weighted by molar-refractivity contribution is 0.779. The molecule has 0 unspecified atom stereocenters. The Morgan fingerprint density at radius 1 is 0.789 bits per heavy atom. The lowest BCUT2D eigenvalue weighted by Crippen LogP contribution is -1.97. The van der Waals surface area contributed by atoms with E-state index in [0.29, 0.717) is 11.4 Å². The van der Waals surface area contributed by atoms with Gasteiger partial charge in [0.1, 0.15) is 23.5 Å². The van der Waals surface area contributed by atoms with Gasteiger partial charge < -0.3 is 0 Å². The number of hydrogen-bond donors (Lipinski definition) is 0. The summed E-state index contributed by atoms with van der Waals surface area (Å²) < 4.78 is 0. The molecule has 0 N–H and O–H groups in total. The van der Waals surface area contributed by atoms with Crippen molar-refractivity contribution in [3.05, 3.63) is 59.2 Å². The summed E-state index contributed by atoms with van der Waals surface area (Å²) in [5, 5.41) is 17.5. The molecule has 92 valence electrons. The minimum absolute atomic E-state index is 0.446. The monoisotopic (exact) mass is 248 g/mol. The first-order valence-electron chi connectivity index (χ1n) is 6.04. The topological polar surface area (TPSA) is 73.4 Å². The van der Waals surface area contributed by atoms with Crippen molar-refractivity contribution in [2.24, 2.45) is 0 Å². The van der Waals surface area contributed by atoms with Crippen molar-refractivity contribution in [3.63, 3.8) is 0 Å². The van der Waals surface area contributed by atoms with Crippen LogP contribution in [0.25, 0.3) is 0 Å². The van der Waals surface area contributed by atoms with E-state index in [9.17, 15) is 0 Å². The van der Waals surface area contributed by atoms with E-state index in [2.05, 4.69) is 9.97 Å². The van der Waals surface area contributed by atoms with E-state index < -0.39 is 0 Å². The predicted octanol–water partition coefficient (Wildman–Crippen LogP) is 2.40. The number of aromatic nitrogens is 2. The maximum absolute atomic E-state index is 8.77. The molecule has 0 aliphatic rings. The first kappa shape index (κ1) is 12.7. The molecule has 4 heteroatoms. The maximum Gasteiger partial charge on any atom is 0.140 e. The minimum Gasteiger partial charge on any atom is -0.242 e. The summed E-state index contributed by atoms with van der Waals surface area (Å²) in [6.07, 6.45) is 2.49. The summed E-state index contributed by atoms with van der Waals surface area (Å²) in [6, 6.07) is 15.0. The number of pyridine rings is 2. The van der Waals surface area contributed by atoms with Crippen molar-refractivity contribution in [2.75, 3.05) is 0 Å². The number of aryl methyl sites for hydroxylation is 2. The van der Waals surface area contributed by atoms with Gasteiger partial charge in [0, 0.05) is 11.4 Å². The van der Waals surface area contributed by atoms with Gasteiger partial charge in [-0.1, -0.05) is 12.1 Å². The van der Waals surface area contributed by atoms with E-state index in [1.807, 2.05) is 36.4 Å². The van der Waals surface area contributed by atoms with Gasteiger partial charge in [0.05, 0.1) is 0 Å². The van der Waals surface area contributed by atoms with Gasteiger partial charge in [0.15, 0.2) is 0 Å². The fourth-order valence-electron chi connectivity index (χ4n) is 1.81. The Kier molecular flexibility index (Phi) is 4.21. The SMILES string of the molecule is N#Cc1cccc(CCCc2cccc(C#N)n2)n1. The molecular weight excluding hydrogens is 236 g/mol. The van der Waals surface area contributed by atoms with Crippen molar-refractivity contribution < 1.29 is 0 Å². The first-order valence-corrected chi connectivity index (χ1v) is 6.04. The van der Waals surface area contributed by atoms with Crippen LogP contribution in [0, 0.1) is 22.7 Å². The van der Waals surface area contributed by atoms with Gasteiger partial charge in [0.25, 0.3) is 0 Å². The Morgan fingerprint density at radius 3 is 1.68 bits per heavy atom. The van der Waals surface area contributed by atoms with Crippen LogP contribution in [0.2, 0.25) is 0 Å². The number of nitrogens with zero attached hydrogens (tertiary/aromatic N) is 4. The molecule has 2 rings (SSSR count). The normalized spacial score (nSPS) is 9.58. The molecule has 19 heavy (non-hydrogen) atoms. The molecule has 0 spiro atoms. The molecular formula is C15H12N4. The summed E-state index contributed by atoms with van der Waals surface area (Å²) in [6.45, 7) is 0. The molecule has 4 nitrogen and oxygen atoms in total. The van der Waals surface area contributed by atoms with Crippen LogP contribution in [-0.4, -0.2) is 9.97 Å². The van der Waals surface area contributed by atoms with Crippen molar-refractivity contribution in [1.82, 2.24) is 9.97 Å². The highest BCUT2D eigenvalue weighted by molar-refractivity contribution is 5.23. The second-order valence-electron chi connectivity index (χ2n) is 4.11. The van der Waals surface area contributed by atoms with Crippen molar-refractivity contribution in [1.29, 1.82) is 10.5 Å². The van der Waals surface area contributed by atoms with Crippen LogP contribution in [0.15, 0.2) is 36.4 Å². The Labute approximate surface area is 112 Å². The van der Waals surface area contributed by atoms with Gasteiger partial charge in [-0.15, -0.1) is 0 Å². The zero-order valence-corrected chi connectivity index (χ0v) is 10.4. The number of nitriles is 2. The van der Waals surface area contributed by atoms with Crippen LogP contribution in [0.5, 0.6) is 0 Å². The Bertz CT molecular complexity index is 592. The Balaban J connectivity index is 1.93. The maximum atomic E-state index is 8.77. The van der Waals surface area contributed by atoms with Crippen molar-refractivity contribution in [3.8, 4) is 12.1 Å². The molecule has 0 amide bonds. The third-order valence-corrected chi connectivity index (χ3v) is 2.71. The Hall–Kier alpha value is -2.72. The van der Waals surface area contributed by atoms with Crippen LogP contribution in [-0.2, 0) is 12.8 Å². The van der Waals surface area contributed by atoms with E-state index >= 15 is 0 Å². The lowest BCUT2D eigenvalue weighted by atomic mass is 10.1. The molecule has 0 aliphatic heterocycles. The molecule has 0 bridgehead atoms. The Morgan fingerprint density at radius 2 is 1.26 bits per heavy atom. The molecule has 0 fully saturated rings. The van der Waals surface area contributed by atoms with Gasteiger partial charge in [-0.3, -0.25) is 0 Å².